The van der Waals surface area contributed by atoms with Crippen molar-refractivity contribution in [3.05, 3.63) is 54.6 Å². The van der Waals surface area contributed by atoms with E-state index in [4.69, 9.17) is 5.11 Å². The molecule has 0 heterocycles. The van der Waals surface area contributed by atoms with E-state index in [1.807, 2.05) is 42.5 Å². The van der Waals surface area contributed by atoms with Crippen LogP contribution in [-0.2, 0) is 0 Å². The Morgan fingerprint density at radius 1 is 0.889 bits per heavy atom. The summed E-state index contributed by atoms with van der Waals surface area (Å²) < 4.78 is 0. The molecule has 5 heteroatoms. The number of halogens is 2. The van der Waals surface area contributed by atoms with Gasteiger partial charge in [0.15, 0.2) is 0 Å². The van der Waals surface area contributed by atoms with Crippen LogP contribution in [0.4, 0.5) is 10.5 Å². The summed E-state index contributed by atoms with van der Waals surface area (Å²) in [6.45, 7) is 0. The van der Waals surface area contributed by atoms with Gasteiger partial charge in [-0.05, 0) is 11.6 Å². The zero-order valence-corrected chi connectivity index (χ0v) is 11.0. The van der Waals surface area contributed by atoms with Crippen LogP contribution >= 0.6 is 24.8 Å². The molecular weight excluding hydrogens is 273 g/mol. The molecular formula is C13H13Cl2NO2. The molecule has 0 aliphatic rings. The predicted molar refractivity (Wildman–Crippen MR) is 78.0 cm³/mol. The zero-order chi connectivity index (χ0) is 11.4. The van der Waals surface area contributed by atoms with E-state index in [-0.39, 0.29) is 24.8 Å². The minimum Gasteiger partial charge on any atom is -0.465 e. The smallest absolute Gasteiger partial charge is 0.409 e. The molecule has 2 aromatic carbocycles. The van der Waals surface area contributed by atoms with Crippen LogP contribution in [0.2, 0.25) is 0 Å². The summed E-state index contributed by atoms with van der Waals surface area (Å²) in [5.41, 5.74) is 2.47. The van der Waals surface area contributed by atoms with Crippen LogP contribution in [0.15, 0.2) is 54.6 Å². The summed E-state index contributed by atoms with van der Waals surface area (Å²) >= 11 is 0. The van der Waals surface area contributed by atoms with Crippen molar-refractivity contribution in [1.29, 1.82) is 0 Å². The van der Waals surface area contributed by atoms with E-state index in [1.54, 1.807) is 12.1 Å². The second kappa shape index (κ2) is 7.58. The van der Waals surface area contributed by atoms with Gasteiger partial charge in [0.25, 0.3) is 0 Å². The zero-order valence-electron chi connectivity index (χ0n) is 9.37. The van der Waals surface area contributed by atoms with Crippen molar-refractivity contribution < 1.29 is 9.90 Å². The lowest BCUT2D eigenvalue weighted by Crippen LogP contribution is -2.08. The van der Waals surface area contributed by atoms with Crippen molar-refractivity contribution in [2.75, 3.05) is 5.32 Å². The van der Waals surface area contributed by atoms with Gasteiger partial charge in [-0.3, -0.25) is 5.32 Å². The Morgan fingerprint density at radius 3 is 2.06 bits per heavy atom. The van der Waals surface area contributed by atoms with Crippen LogP contribution in [0.5, 0.6) is 0 Å². The quantitative estimate of drug-likeness (QED) is 0.865. The fourth-order valence-corrected chi connectivity index (χ4v) is 1.58. The Morgan fingerprint density at radius 2 is 1.44 bits per heavy atom. The maximum atomic E-state index is 10.6. The van der Waals surface area contributed by atoms with Gasteiger partial charge >= 0.3 is 6.09 Å². The molecule has 0 unspecified atom stereocenters. The number of anilines is 1. The molecule has 2 N–H and O–H groups in total. The molecule has 2 aromatic rings. The van der Waals surface area contributed by atoms with Gasteiger partial charge in [-0.25, -0.2) is 4.79 Å². The van der Waals surface area contributed by atoms with Crippen LogP contribution in [0.25, 0.3) is 11.1 Å². The molecule has 1 amide bonds. The Labute approximate surface area is 118 Å². The third-order valence-corrected chi connectivity index (χ3v) is 2.25. The minimum absolute atomic E-state index is 0. The molecule has 0 aliphatic carbocycles. The van der Waals surface area contributed by atoms with Gasteiger partial charge in [0.2, 0.25) is 0 Å². The lowest BCUT2D eigenvalue weighted by molar-refractivity contribution is 0.210. The average Bonchev–Trinajstić information content (AvgIpc) is 2.30. The first-order chi connectivity index (χ1) is 7.77. The number of benzene rings is 2. The summed E-state index contributed by atoms with van der Waals surface area (Å²) in [6.07, 6.45) is -1.05. The number of carbonyl (C=O) groups is 1. The van der Waals surface area contributed by atoms with Crippen molar-refractivity contribution in [2.24, 2.45) is 0 Å². The molecule has 0 bridgehead atoms. The van der Waals surface area contributed by atoms with Gasteiger partial charge in [-0.1, -0.05) is 48.5 Å². The van der Waals surface area contributed by atoms with E-state index in [0.29, 0.717) is 5.69 Å². The molecule has 96 valence electrons. The van der Waals surface area contributed by atoms with E-state index in [0.717, 1.165) is 11.1 Å². The normalized spacial score (nSPS) is 8.67. The number of hydrogen-bond donors (Lipinski definition) is 2. The summed E-state index contributed by atoms with van der Waals surface area (Å²) in [5.74, 6) is 0. The molecule has 0 atom stereocenters. The third-order valence-electron chi connectivity index (χ3n) is 2.25. The number of carboxylic acid groups (broad SMARTS) is 1. The molecule has 0 spiro atoms. The molecule has 0 aliphatic heterocycles. The maximum Gasteiger partial charge on any atom is 0.409 e. The van der Waals surface area contributed by atoms with Crippen molar-refractivity contribution in [2.45, 2.75) is 0 Å². The van der Waals surface area contributed by atoms with Crippen LogP contribution in [0.3, 0.4) is 0 Å². The average molecular weight is 286 g/mol. The molecule has 0 saturated carbocycles. The highest BCUT2D eigenvalue weighted by Crippen LogP contribution is 2.27. The Hall–Kier alpha value is -1.71. The van der Waals surface area contributed by atoms with Crippen molar-refractivity contribution in [3.8, 4) is 11.1 Å². The van der Waals surface area contributed by atoms with E-state index in [1.165, 1.54) is 0 Å². The number of para-hydroxylation sites is 1. The second-order valence-electron chi connectivity index (χ2n) is 3.34. The SMILES string of the molecule is Cl.Cl.O=C(O)Nc1ccccc1-c1ccccc1. The fraction of sp³-hybridized carbons (Fsp3) is 0. The molecule has 0 saturated heterocycles. The molecule has 18 heavy (non-hydrogen) atoms. The summed E-state index contributed by atoms with van der Waals surface area (Å²) in [4.78, 5) is 10.6. The van der Waals surface area contributed by atoms with Gasteiger partial charge < -0.3 is 5.11 Å². The van der Waals surface area contributed by atoms with E-state index in [9.17, 15) is 4.79 Å². The first-order valence-electron chi connectivity index (χ1n) is 4.92. The number of hydrogen-bond acceptors (Lipinski definition) is 1. The number of rotatable bonds is 2. The highest BCUT2D eigenvalue weighted by molar-refractivity contribution is 5.90. The first-order valence-corrected chi connectivity index (χ1v) is 4.92. The van der Waals surface area contributed by atoms with E-state index in [2.05, 4.69) is 5.32 Å². The van der Waals surface area contributed by atoms with Gasteiger partial charge in [0.1, 0.15) is 0 Å². The minimum atomic E-state index is -1.05. The first kappa shape index (κ1) is 16.3. The maximum absolute atomic E-state index is 10.6. The third kappa shape index (κ3) is 3.95. The predicted octanol–water partition coefficient (Wildman–Crippen LogP) is 4.29. The highest BCUT2D eigenvalue weighted by Gasteiger charge is 2.05. The lowest BCUT2D eigenvalue weighted by Gasteiger charge is -2.08. The molecule has 0 aromatic heterocycles. The summed E-state index contributed by atoms with van der Waals surface area (Å²) in [7, 11) is 0. The standard InChI is InChI=1S/C13H11NO2.2ClH/c15-13(16)14-12-9-5-4-8-11(12)10-6-2-1-3-7-10;;/h1-9,14H,(H,15,16);2*1H. The largest absolute Gasteiger partial charge is 0.465 e. The Bertz CT molecular complexity index is 503. The molecule has 2 rings (SSSR count). The monoisotopic (exact) mass is 285 g/mol. The highest BCUT2D eigenvalue weighted by atomic mass is 35.5. The summed E-state index contributed by atoms with van der Waals surface area (Å²) in [6, 6.07) is 17.0. The van der Waals surface area contributed by atoms with Crippen LogP contribution < -0.4 is 5.32 Å². The van der Waals surface area contributed by atoms with Gasteiger partial charge in [0.05, 0.1) is 5.69 Å². The van der Waals surface area contributed by atoms with Crippen LogP contribution in [0, 0.1) is 0 Å². The van der Waals surface area contributed by atoms with Crippen molar-refractivity contribution in [1.82, 2.24) is 0 Å². The van der Waals surface area contributed by atoms with Crippen LogP contribution in [0.1, 0.15) is 0 Å². The Balaban J connectivity index is 0.00000144. The summed E-state index contributed by atoms with van der Waals surface area (Å²) in [5, 5.41) is 11.1. The molecule has 0 fully saturated rings. The van der Waals surface area contributed by atoms with Gasteiger partial charge in [0, 0.05) is 5.56 Å². The fourth-order valence-electron chi connectivity index (χ4n) is 1.58. The van der Waals surface area contributed by atoms with E-state index >= 15 is 0 Å². The lowest BCUT2D eigenvalue weighted by atomic mass is 10.0. The molecule has 3 nitrogen and oxygen atoms in total. The van der Waals surface area contributed by atoms with Crippen molar-refractivity contribution in [3.63, 3.8) is 0 Å². The molecule has 0 radical (unpaired) electrons. The topological polar surface area (TPSA) is 49.3 Å². The van der Waals surface area contributed by atoms with Crippen molar-refractivity contribution >= 4 is 36.6 Å². The number of amides is 1. The second-order valence-corrected chi connectivity index (χ2v) is 3.34. The Kier molecular flexibility index (Phi) is 6.86. The number of nitrogens with one attached hydrogen (secondary N) is 1. The van der Waals surface area contributed by atoms with Gasteiger partial charge in [-0.15, -0.1) is 24.8 Å². The van der Waals surface area contributed by atoms with E-state index < -0.39 is 6.09 Å². The van der Waals surface area contributed by atoms with Gasteiger partial charge in [-0.2, -0.15) is 0 Å². The van der Waals surface area contributed by atoms with Crippen LogP contribution in [-0.4, -0.2) is 11.2 Å².